The van der Waals surface area contributed by atoms with Gasteiger partial charge in [0.1, 0.15) is 10.6 Å². The van der Waals surface area contributed by atoms with Crippen molar-refractivity contribution >= 4 is 28.3 Å². The van der Waals surface area contributed by atoms with Gasteiger partial charge in [0.2, 0.25) is 0 Å². The van der Waals surface area contributed by atoms with Crippen molar-refractivity contribution in [1.82, 2.24) is 4.37 Å². The van der Waals surface area contributed by atoms with Gasteiger partial charge in [-0.2, -0.15) is 4.37 Å². The molecule has 1 heterocycles. The van der Waals surface area contributed by atoms with Crippen LogP contribution in [0.1, 0.15) is 49.9 Å². The summed E-state index contributed by atoms with van der Waals surface area (Å²) in [4.78, 5) is 14.2. The molecule has 0 bridgehead atoms. The number of aromatic nitrogens is 1. The summed E-state index contributed by atoms with van der Waals surface area (Å²) in [6, 6.07) is 0.451. The SMILES string of the molecule is CCOC(=O)c1c(N)nsc1N(C)C1CCCC(C)C1. The minimum absolute atomic E-state index is 0.277. The van der Waals surface area contributed by atoms with Gasteiger partial charge in [-0.05, 0) is 37.2 Å². The summed E-state index contributed by atoms with van der Waals surface area (Å²) < 4.78 is 9.22. The van der Waals surface area contributed by atoms with E-state index in [-0.39, 0.29) is 11.8 Å². The van der Waals surface area contributed by atoms with Crippen LogP contribution < -0.4 is 10.6 Å². The number of ether oxygens (including phenoxy) is 1. The molecule has 6 heteroatoms. The van der Waals surface area contributed by atoms with Crippen molar-refractivity contribution in [3.05, 3.63) is 5.56 Å². The average Bonchev–Trinajstić information content (AvgIpc) is 2.80. The predicted octanol–water partition coefficient (Wildman–Crippen LogP) is 2.92. The number of carbonyl (C=O) groups is 1. The second-order valence-electron chi connectivity index (χ2n) is 5.50. The average molecular weight is 297 g/mol. The molecule has 0 amide bonds. The maximum absolute atomic E-state index is 12.0. The monoisotopic (exact) mass is 297 g/mol. The molecule has 0 spiro atoms. The lowest BCUT2D eigenvalue weighted by Gasteiger charge is -2.34. The van der Waals surface area contributed by atoms with Crippen molar-refractivity contribution in [2.45, 2.75) is 45.6 Å². The van der Waals surface area contributed by atoms with E-state index in [1.165, 1.54) is 24.4 Å². The molecule has 0 radical (unpaired) electrons. The van der Waals surface area contributed by atoms with Gasteiger partial charge in [-0.25, -0.2) is 4.79 Å². The van der Waals surface area contributed by atoms with E-state index in [1.54, 1.807) is 6.92 Å². The molecular formula is C14H23N3O2S. The number of nitrogen functional groups attached to an aromatic ring is 1. The first-order valence-corrected chi connectivity index (χ1v) is 7.97. The molecule has 2 rings (SSSR count). The lowest BCUT2D eigenvalue weighted by Crippen LogP contribution is -2.35. The van der Waals surface area contributed by atoms with Gasteiger partial charge in [0.05, 0.1) is 6.61 Å². The number of carbonyl (C=O) groups excluding carboxylic acids is 1. The zero-order valence-electron chi connectivity index (χ0n) is 12.4. The minimum atomic E-state index is -0.371. The molecule has 2 unspecified atom stereocenters. The number of esters is 1. The topological polar surface area (TPSA) is 68.5 Å². The predicted molar refractivity (Wildman–Crippen MR) is 82.3 cm³/mol. The molecule has 1 aromatic rings. The Kier molecular flexibility index (Phi) is 4.86. The summed E-state index contributed by atoms with van der Waals surface area (Å²) >= 11 is 1.28. The third-order valence-corrected chi connectivity index (χ3v) is 4.91. The van der Waals surface area contributed by atoms with E-state index in [1.807, 2.05) is 7.05 Å². The Balaban J connectivity index is 2.21. The first kappa shape index (κ1) is 15.1. The largest absolute Gasteiger partial charge is 0.462 e. The second-order valence-corrected chi connectivity index (χ2v) is 6.26. The Bertz CT molecular complexity index is 475. The minimum Gasteiger partial charge on any atom is -0.462 e. The van der Waals surface area contributed by atoms with E-state index in [4.69, 9.17) is 10.5 Å². The van der Waals surface area contributed by atoms with Crippen LogP contribution in [0.3, 0.4) is 0 Å². The number of rotatable bonds is 4. The fraction of sp³-hybridized carbons (Fsp3) is 0.714. The lowest BCUT2D eigenvalue weighted by molar-refractivity contribution is 0.0528. The quantitative estimate of drug-likeness (QED) is 0.865. The van der Waals surface area contributed by atoms with Crippen molar-refractivity contribution in [1.29, 1.82) is 0 Å². The summed E-state index contributed by atoms with van der Waals surface area (Å²) in [5.41, 5.74) is 6.27. The highest BCUT2D eigenvalue weighted by Crippen LogP contribution is 2.36. The zero-order chi connectivity index (χ0) is 14.7. The fourth-order valence-electron chi connectivity index (χ4n) is 2.85. The molecule has 2 N–H and O–H groups in total. The van der Waals surface area contributed by atoms with Gasteiger partial charge >= 0.3 is 5.97 Å². The smallest absolute Gasteiger partial charge is 0.345 e. The van der Waals surface area contributed by atoms with Crippen LogP contribution in [0.15, 0.2) is 0 Å². The van der Waals surface area contributed by atoms with Crippen molar-refractivity contribution in [2.75, 3.05) is 24.3 Å². The highest BCUT2D eigenvalue weighted by molar-refractivity contribution is 7.11. The van der Waals surface area contributed by atoms with E-state index in [0.29, 0.717) is 18.2 Å². The van der Waals surface area contributed by atoms with Gasteiger partial charge in [-0.1, -0.05) is 19.8 Å². The Morgan fingerprint density at radius 2 is 2.30 bits per heavy atom. The van der Waals surface area contributed by atoms with Crippen LogP contribution in [-0.2, 0) is 4.74 Å². The molecule has 20 heavy (non-hydrogen) atoms. The van der Waals surface area contributed by atoms with Gasteiger partial charge < -0.3 is 15.4 Å². The highest BCUT2D eigenvalue weighted by atomic mass is 32.1. The van der Waals surface area contributed by atoms with Crippen molar-refractivity contribution in [3.8, 4) is 0 Å². The third-order valence-electron chi connectivity index (χ3n) is 3.96. The number of hydrogen-bond acceptors (Lipinski definition) is 6. The van der Waals surface area contributed by atoms with E-state index in [9.17, 15) is 4.79 Å². The van der Waals surface area contributed by atoms with Gasteiger partial charge in [0.25, 0.3) is 0 Å². The maximum Gasteiger partial charge on any atom is 0.345 e. The van der Waals surface area contributed by atoms with E-state index in [2.05, 4.69) is 16.2 Å². The standard InChI is InChI=1S/C14H23N3O2S/c1-4-19-14(18)11-12(15)16-20-13(11)17(3)10-7-5-6-9(2)8-10/h9-10H,4-8H2,1-3H3,(H2,15,16). The van der Waals surface area contributed by atoms with Crippen LogP contribution in [0.4, 0.5) is 10.8 Å². The molecule has 1 aromatic heterocycles. The number of anilines is 2. The molecule has 2 atom stereocenters. The molecule has 1 saturated carbocycles. The van der Waals surface area contributed by atoms with Gasteiger partial charge in [-0.3, -0.25) is 0 Å². The second kappa shape index (κ2) is 6.43. The summed E-state index contributed by atoms with van der Waals surface area (Å²) in [5.74, 6) is 0.635. The Morgan fingerprint density at radius 1 is 1.55 bits per heavy atom. The molecule has 0 aliphatic heterocycles. The number of nitrogens with two attached hydrogens (primary N) is 1. The molecule has 0 saturated heterocycles. The normalized spacial score (nSPS) is 22.6. The van der Waals surface area contributed by atoms with Crippen LogP contribution >= 0.6 is 11.5 Å². The maximum atomic E-state index is 12.0. The summed E-state index contributed by atoms with van der Waals surface area (Å²) in [6.07, 6.45) is 4.83. The van der Waals surface area contributed by atoms with Crippen LogP contribution in [-0.4, -0.2) is 30.0 Å². The van der Waals surface area contributed by atoms with Crippen LogP contribution in [0, 0.1) is 5.92 Å². The van der Waals surface area contributed by atoms with Crippen molar-refractivity contribution in [3.63, 3.8) is 0 Å². The molecule has 0 aromatic carbocycles. The van der Waals surface area contributed by atoms with Gasteiger partial charge in [-0.15, -0.1) is 0 Å². The molecule has 1 aliphatic carbocycles. The Hall–Kier alpha value is -1.30. The summed E-state index contributed by atoms with van der Waals surface area (Å²) in [6.45, 7) is 4.42. The molecule has 5 nitrogen and oxygen atoms in total. The number of nitrogens with zero attached hydrogens (tertiary/aromatic N) is 2. The molecule has 1 aliphatic rings. The number of hydrogen-bond donors (Lipinski definition) is 1. The summed E-state index contributed by atoms with van der Waals surface area (Å²) in [7, 11) is 2.03. The van der Waals surface area contributed by atoms with E-state index in [0.717, 1.165) is 23.8 Å². The van der Waals surface area contributed by atoms with E-state index >= 15 is 0 Å². The third kappa shape index (κ3) is 3.06. The first-order chi connectivity index (χ1) is 9.54. The highest BCUT2D eigenvalue weighted by Gasteiger charge is 2.29. The zero-order valence-corrected chi connectivity index (χ0v) is 13.2. The van der Waals surface area contributed by atoms with Crippen molar-refractivity contribution < 1.29 is 9.53 Å². The lowest BCUT2D eigenvalue weighted by atomic mass is 9.86. The van der Waals surface area contributed by atoms with Gasteiger partial charge in [0.15, 0.2) is 5.82 Å². The summed E-state index contributed by atoms with van der Waals surface area (Å²) in [5, 5.41) is 0.833. The van der Waals surface area contributed by atoms with Crippen LogP contribution in [0.5, 0.6) is 0 Å². The fourth-order valence-corrected chi connectivity index (χ4v) is 3.68. The van der Waals surface area contributed by atoms with Crippen LogP contribution in [0.2, 0.25) is 0 Å². The van der Waals surface area contributed by atoms with Crippen LogP contribution in [0.25, 0.3) is 0 Å². The molecule has 1 fully saturated rings. The molecular weight excluding hydrogens is 274 g/mol. The van der Waals surface area contributed by atoms with Gasteiger partial charge in [0, 0.05) is 13.1 Å². The Morgan fingerprint density at radius 3 is 2.95 bits per heavy atom. The molecule has 112 valence electrons. The first-order valence-electron chi connectivity index (χ1n) is 7.19. The van der Waals surface area contributed by atoms with E-state index < -0.39 is 0 Å². The Labute approximate surface area is 124 Å². The van der Waals surface area contributed by atoms with Crippen molar-refractivity contribution in [2.24, 2.45) is 5.92 Å².